The molecular formula is C25H30N8O2S. The lowest BCUT2D eigenvalue weighted by molar-refractivity contribution is 0.0719. The van der Waals surface area contributed by atoms with E-state index < -0.39 is 0 Å². The molecule has 0 atom stereocenters. The molecule has 0 radical (unpaired) electrons. The van der Waals surface area contributed by atoms with Gasteiger partial charge in [0.2, 0.25) is 0 Å². The summed E-state index contributed by atoms with van der Waals surface area (Å²) < 4.78 is 3.98. The van der Waals surface area contributed by atoms with Crippen molar-refractivity contribution in [1.29, 1.82) is 0 Å². The minimum absolute atomic E-state index is 0.104. The first-order valence-electron chi connectivity index (χ1n) is 12.6. The second-order valence-corrected chi connectivity index (χ2v) is 10.8. The van der Waals surface area contributed by atoms with Crippen molar-refractivity contribution in [3.05, 3.63) is 28.7 Å². The van der Waals surface area contributed by atoms with Gasteiger partial charge < -0.3 is 24.7 Å². The fourth-order valence-corrected chi connectivity index (χ4v) is 5.78. The van der Waals surface area contributed by atoms with E-state index in [-0.39, 0.29) is 11.8 Å². The predicted octanol–water partition coefficient (Wildman–Crippen LogP) is 3.97. The summed E-state index contributed by atoms with van der Waals surface area (Å²) in [5.74, 6) is 0.471. The third-order valence-electron chi connectivity index (χ3n) is 6.93. The normalized spacial score (nSPS) is 15.6. The summed E-state index contributed by atoms with van der Waals surface area (Å²) in [6, 6.07) is 2.74. The summed E-state index contributed by atoms with van der Waals surface area (Å²) in [5.41, 5.74) is 3.44. The van der Waals surface area contributed by atoms with Crippen LogP contribution in [0.2, 0.25) is 0 Å². The Morgan fingerprint density at radius 3 is 2.53 bits per heavy atom. The van der Waals surface area contributed by atoms with Gasteiger partial charge in [0.15, 0.2) is 10.9 Å². The van der Waals surface area contributed by atoms with Crippen LogP contribution in [-0.2, 0) is 13.6 Å². The predicted molar refractivity (Wildman–Crippen MR) is 140 cm³/mol. The molecule has 4 heterocycles. The zero-order valence-corrected chi connectivity index (χ0v) is 21.8. The van der Waals surface area contributed by atoms with Gasteiger partial charge in [0.1, 0.15) is 22.6 Å². The number of rotatable bonds is 8. The van der Waals surface area contributed by atoms with Crippen molar-refractivity contribution >= 4 is 56.2 Å². The van der Waals surface area contributed by atoms with Gasteiger partial charge in [0.05, 0.1) is 11.8 Å². The molecule has 0 aromatic carbocycles. The standard InChI is InChI=1S/C25H30N8O2S/c1-5-26-23(34)18-13(3)36-25(28-18)30-21-19-20(31(4)12-27-19)16-11-17(32(6-2)22(16)29-21)24(35)33(14-7-8-14)15-9-10-15/h11-12,14-15H,5-10H2,1-4H3,(H,26,34)(H,28,29,30). The fourth-order valence-electron chi connectivity index (χ4n) is 4.97. The van der Waals surface area contributed by atoms with E-state index in [1.807, 2.05) is 43.0 Å². The third-order valence-corrected chi connectivity index (χ3v) is 7.81. The van der Waals surface area contributed by atoms with Crippen molar-refractivity contribution in [2.45, 2.75) is 65.1 Å². The molecule has 188 valence electrons. The average Bonchev–Trinajstić information content (AvgIpc) is 3.76. The van der Waals surface area contributed by atoms with Crippen LogP contribution in [0.5, 0.6) is 0 Å². The largest absolute Gasteiger partial charge is 0.351 e. The number of hydrogen-bond acceptors (Lipinski definition) is 7. The maximum Gasteiger partial charge on any atom is 0.271 e. The molecule has 4 aromatic rings. The molecule has 6 rings (SSSR count). The molecule has 2 N–H and O–H groups in total. The van der Waals surface area contributed by atoms with Crippen LogP contribution < -0.4 is 10.6 Å². The SMILES string of the molecule is CCNC(=O)c1nc(Nc2nc3c(cc(C(=O)N(C4CC4)C4CC4)n3CC)c3c2ncn3C)sc1C. The number of aryl methyl sites for hydroxylation is 3. The highest BCUT2D eigenvalue weighted by Crippen LogP contribution is 2.40. The Hall–Kier alpha value is -3.47. The number of hydrogen-bond donors (Lipinski definition) is 2. The molecule has 36 heavy (non-hydrogen) atoms. The van der Waals surface area contributed by atoms with Gasteiger partial charge in [-0.3, -0.25) is 9.59 Å². The second-order valence-electron chi connectivity index (χ2n) is 9.61. The van der Waals surface area contributed by atoms with Crippen LogP contribution >= 0.6 is 11.3 Å². The Balaban J connectivity index is 1.45. The number of imidazole rings is 1. The summed E-state index contributed by atoms with van der Waals surface area (Å²) >= 11 is 1.40. The number of carbonyl (C=O) groups is 2. The first-order chi connectivity index (χ1) is 17.4. The van der Waals surface area contributed by atoms with Crippen LogP contribution in [0.4, 0.5) is 10.9 Å². The van der Waals surface area contributed by atoms with E-state index in [0.717, 1.165) is 47.1 Å². The zero-order chi connectivity index (χ0) is 25.1. The Kier molecular flexibility index (Phi) is 5.47. The first kappa shape index (κ1) is 23.0. The van der Waals surface area contributed by atoms with Gasteiger partial charge in [0, 0.05) is 42.5 Å². The molecule has 0 bridgehead atoms. The third kappa shape index (κ3) is 3.73. The number of fused-ring (bicyclic) bond motifs is 3. The molecule has 0 saturated heterocycles. The Labute approximate surface area is 212 Å². The van der Waals surface area contributed by atoms with Crippen LogP contribution in [0, 0.1) is 6.92 Å². The molecule has 2 aliphatic rings. The Morgan fingerprint density at radius 1 is 1.17 bits per heavy atom. The van der Waals surface area contributed by atoms with Crippen LogP contribution in [-0.4, -0.2) is 59.4 Å². The van der Waals surface area contributed by atoms with Crippen molar-refractivity contribution in [2.24, 2.45) is 7.05 Å². The molecule has 0 spiro atoms. The lowest BCUT2D eigenvalue weighted by Gasteiger charge is -2.22. The molecule has 2 aliphatic carbocycles. The van der Waals surface area contributed by atoms with Crippen molar-refractivity contribution in [3.63, 3.8) is 0 Å². The summed E-state index contributed by atoms with van der Waals surface area (Å²) in [6.07, 6.45) is 6.14. The number of amides is 2. The number of nitrogens with one attached hydrogen (secondary N) is 2. The Bertz CT molecular complexity index is 1500. The maximum absolute atomic E-state index is 13.7. The van der Waals surface area contributed by atoms with Crippen molar-refractivity contribution in [3.8, 4) is 0 Å². The van der Waals surface area contributed by atoms with Gasteiger partial charge >= 0.3 is 0 Å². The monoisotopic (exact) mass is 506 g/mol. The molecular weight excluding hydrogens is 476 g/mol. The number of thiazole rings is 1. The topological polar surface area (TPSA) is 110 Å². The summed E-state index contributed by atoms with van der Waals surface area (Å²) in [4.78, 5) is 43.1. The van der Waals surface area contributed by atoms with Gasteiger partial charge in [-0.05, 0) is 52.5 Å². The number of aromatic nitrogens is 5. The molecule has 10 nitrogen and oxygen atoms in total. The average molecular weight is 507 g/mol. The van der Waals surface area contributed by atoms with Gasteiger partial charge in [-0.25, -0.2) is 15.0 Å². The van der Waals surface area contributed by atoms with E-state index >= 15 is 0 Å². The van der Waals surface area contributed by atoms with E-state index in [1.54, 1.807) is 6.33 Å². The van der Waals surface area contributed by atoms with Crippen molar-refractivity contribution < 1.29 is 9.59 Å². The fraction of sp³-hybridized carbons (Fsp3) is 0.480. The van der Waals surface area contributed by atoms with E-state index in [2.05, 4.69) is 25.5 Å². The summed E-state index contributed by atoms with van der Waals surface area (Å²) in [5, 5.41) is 7.60. The lowest BCUT2D eigenvalue weighted by Crippen LogP contribution is -2.36. The number of pyridine rings is 1. The molecule has 2 amide bonds. The van der Waals surface area contributed by atoms with E-state index in [1.165, 1.54) is 11.3 Å². The summed E-state index contributed by atoms with van der Waals surface area (Å²) in [7, 11) is 1.95. The molecule has 2 saturated carbocycles. The smallest absolute Gasteiger partial charge is 0.271 e. The maximum atomic E-state index is 13.7. The van der Waals surface area contributed by atoms with Gasteiger partial charge in [-0.1, -0.05) is 0 Å². The second kappa shape index (κ2) is 8.58. The lowest BCUT2D eigenvalue weighted by atomic mass is 10.2. The van der Waals surface area contributed by atoms with Crippen LogP contribution in [0.25, 0.3) is 22.1 Å². The van der Waals surface area contributed by atoms with E-state index in [4.69, 9.17) is 4.98 Å². The quantitative estimate of drug-likeness (QED) is 0.374. The molecule has 11 heteroatoms. The minimum Gasteiger partial charge on any atom is -0.351 e. The molecule has 0 aliphatic heterocycles. The summed E-state index contributed by atoms with van der Waals surface area (Å²) in [6.45, 7) is 6.97. The molecule has 4 aromatic heterocycles. The highest BCUT2D eigenvalue weighted by atomic mass is 32.1. The van der Waals surface area contributed by atoms with Gasteiger partial charge in [-0.2, -0.15) is 0 Å². The first-order valence-corrected chi connectivity index (χ1v) is 13.4. The number of carbonyl (C=O) groups excluding carboxylic acids is 2. The van der Waals surface area contributed by atoms with Gasteiger partial charge in [0.25, 0.3) is 11.8 Å². The highest BCUT2D eigenvalue weighted by molar-refractivity contribution is 7.15. The van der Waals surface area contributed by atoms with Crippen molar-refractivity contribution in [2.75, 3.05) is 11.9 Å². The van der Waals surface area contributed by atoms with Gasteiger partial charge in [-0.15, -0.1) is 11.3 Å². The van der Waals surface area contributed by atoms with E-state index in [9.17, 15) is 9.59 Å². The van der Waals surface area contributed by atoms with Crippen LogP contribution in [0.15, 0.2) is 12.4 Å². The Morgan fingerprint density at radius 2 is 1.89 bits per heavy atom. The number of anilines is 2. The van der Waals surface area contributed by atoms with E-state index in [0.29, 0.717) is 53.0 Å². The highest BCUT2D eigenvalue weighted by Gasteiger charge is 2.43. The molecule has 0 unspecified atom stereocenters. The van der Waals surface area contributed by atoms with Crippen LogP contribution in [0.3, 0.4) is 0 Å². The van der Waals surface area contributed by atoms with Crippen LogP contribution in [0.1, 0.15) is 65.4 Å². The zero-order valence-electron chi connectivity index (χ0n) is 21.0. The van der Waals surface area contributed by atoms with Crippen molar-refractivity contribution in [1.82, 2.24) is 34.3 Å². The minimum atomic E-state index is -0.190. The molecule has 2 fully saturated rings. The number of nitrogens with zero attached hydrogens (tertiary/aromatic N) is 6.